The van der Waals surface area contributed by atoms with Crippen LogP contribution in [0.2, 0.25) is 0 Å². The molecule has 0 spiro atoms. The summed E-state index contributed by atoms with van der Waals surface area (Å²) in [5.74, 6) is -1.30. The molecule has 2 N–H and O–H groups in total. The lowest BCUT2D eigenvalue weighted by atomic mass is 10.1. The van der Waals surface area contributed by atoms with Gasteiger partial charge in [0.15, 0.2) is 0 Å². The van der Waals surface area contributed by atoms with Gasteiger partial charge >= 0.3 is 6.09 Å². The Morgan fingerprint density at radius 3 is 2.30 bits per heavy atom. The molecule has 0 saturated heterocycles. The van der Waals surface area contributed by atoms with Crippen molar-refractivity contribution in [1.29, 1.82) is 0 Å². The minimum atomic E-state index is -0.504. The lowest BCUT2D eigenvalue weighted by Gasteiger charge is -2.20. The van der Waals surface area contributed by atoms with Crippen molar-refractivity contribution in [3.63, 3.8) is 0 Å². The van der Waals surface area contributed by atoms with Gasteiger partial charge < -0.3 is 29.6 Å². The number of aromatic hydroxyl groups is 2. The summed E-state index contributed by atoms with van der Waals surface area (Å²) in [5.41, 5.74) is 1.61. The standard InChI is InChI=1S/C24H29N3O6/c1-5-6-9-26(4)22(30)18-11-19(21(29)12-20(18)28)23(31)27-13-15-7-8-17(10-16(15)14-27)33-24(32)25(2)3/h7-8,10-12,28-29H,5-6,9,13-14H2,1-4H3. The molecule has 0 atom stereocenters. The number of amides is 3. The van der Waals surface area contributed by atoms with E-state index in [1.807, 2.05) is 6.92 Å². The van der Waals surface area contributed by atoms with Crippen molar-refractivity contribution in [3.8, 4) is 17.2 Å². The topological polar surface area (TPSA) is 111 Å². The van der Waals surface area contributed by atoms with Crippen molar-refractivity contribution in [2.24, 2.45) is 0 Å². The number of hydrogen-bond donors (Lipinski definition) is 2. The summed E-state index contributed by atoms with van der Waals surface area (Å²) in [5, 5.41) is 20.5. The highest BCUT2D eigenvalue weighted by atomic mass is 16.6. The Morgan fingerprint density at radius 2 is 1.64 bits per heavy atom. The van der Waals surface area contributed by atoms with Crippen LogP contribution < -0.4 is 4.74 Å². The number of carbonyl (C=O) groups excluding carboxylic acids is 3. The number of rotatable bonds is 6. The molecule has 1 aliphatic rings. The minimum Gasteiger partial charge on any atom is -0.507 e. The molecule has 0 saturated carbocycles. The van der Waals surface area contributed by atoms with E-state index in [1.165, 1.54) is 20.8 Å². The maximum atomic E-state index is 13.2. The highest BCUT2D eigenvalue weighted by molar-refractivity contribution is 6.03. The molecule has 0 aromatic heterocycles. The molecule has 1 heterocycles. The Morgan fingerprint density at radius 1 is 0.970 bits per heavy atom. The third-order valence-corrected chi connectivity index (χ3v) is 5.53. The van der Waals surface area contributed by atoms with E-state index >= 15 is 0 Å². The summed E-state index contributed by atoms with van der Waals surface area (Å²) in [4.78, 5) is 42.0. The number of carbonyl (C=O) groups is 3. The normalized spacial score (nSPS) is 12.3. The second-order valence-electron chi connectivity index (χ2n) is 8.32. The summed E-state index contributed by atoms with van der Waals surface area (Å²) in [6.45, 7) is 3.08. The Balaban J connectivity index is 1.80. The number of ether oxygens (including phenoxy) is 1. The summed E-state index contributed by atoms with van der Waals surface area (Å²) >= 11 is 0. The average molecular weight is 456 g/mol. The van der Waals surface area contributed by atoms with Crippen LogP contribution in [0.3, 0.4) is 0 Å². The van der Waals surface area contributed by atoms with Gasteiger partial charge in [0, 0.05) is 46.8 Å². The van der Waals surface area contributed by atoms with Gasteiger partial charge in [-0.2, -0.15) is 0 Å². The first-order valence-electron chi connectivity index (χ1n) is 10.7. The smallest absolute Gasteiger partial charge is 0.414 e. The fourth-order valence-electron chi connectivity index (χ4n) is 3.56. The highest BCUT2D eigenvalue weighted by Gasteiger charge is 2.29. The van der Waals surface area contributed by atoms with E-state index < -0.39 is 23.7 Å². The van der Waals surface area contributed by atoms with Crippen LogP contribution in [-0.2, 0) is 13.1 Å². The van der Waals surface area contributed by atoms with E-state index in [2.05, 4.69) is 0 Å². The van der Waals surface area contributed by atoms with E-state index in [1.54, 1.807) is 39.3 Å². The lowest BCUT2D eigenvalue weighted by molar-refractivity contribution is 0.0748. The predicted molar refractivity (Wildman–Crippen MR) is 121 cm³/mol. The van der Waals surface area contributed by atoms with Crippen molar-refractivity contribution >= 4 is 17.9 Å². The molecule has 2 aromatic rings. The van der Waals surface area contributed by atoms with Gasteiger partial charge in [0.1, 0.15) is 17.2 Å². The first kappa shape index (κ1) is 23.9. The molecule has 33 heavy (non-hydrogen) atoms. The van der Waals surface area contributed by atoms with Crippen LogP contribution >= 0.6 is 0 Å². The van der Waals surface area contributed by atoms with Crippen molar-refractivity contribution in [2.75, 3.05) is 27.7 Å². The van der Waals surface area contributed by atoms with E-state index in [0.29, 0.717) is 18.8 Å². The van der Waals surface area contributed by atoms with Crippen molar-refractivity contribution < 1.29 is 29.3 Å². The molecule has 1 aliphatic heterocycles. The quantitative estimate of drug-likeness (QED) is 0.692. The first-order valence-corrected chi connectivity index (χ1v) is 10.7. The van der Waals surface area contributed by atoms with Crippen molar-refractivity contribution in [3.05, 3.63) is 52.6 Å². The van der Waals surface area contributed by atoms with Gasteiger partial charge in [-0.1, -0.05) is 19.4 Å². The summed E-state index contributed by atoms with van der Waals surface area (Å²) < 4.78 is 5.28. The van der Waals surface area contributed by atoms with Gasteiger partial charge in [-0.05, 0) is 35.7 Å². The van der Waals surface area contributed by atoms with Crippen LogP contribution in [0.4, 0.5) is 4.79 Å². The lowest BCUT2D eigenvalue weighted by Crippen LogP contribution is -2.29. The fourth-order valence-corrected chi connectivity index (χ4v) is 3.56. The second-order valence-corrected chi connectivity index (χ2v) is 8.32. The number of hydrogen-bond acceptors (Lipinski definition) is 6. The molecule has 2 aromatic carbocycles. The van der Waals surface area contributed by atoms with Crippen molar-refractivity contribution in [2.45, 2.75) is 32.9 Å². The maximum Gasteiger partial charge on any atom is 0.414 e. The van der Waals surface area contributed by atoms with Gasteiger partial charge in [0.05, 0.1) is 11.1 Å². The molecular formula is C24H29N3O6. The van der Waals surface area contributed by atoms with Crippen LogP contribution in [0, 0.1) is 0 Å². The number of phenols is 2. The Kier molecular flexibility index (Phi) is 7.10. The number of benzene rings is 2. The number of unbranched alkanes of at least 4 members (excludes halogenated alkanes) is 1. The van der Waals surface area contributed by atoms with Crippen LogP contribution in [0.25, 0.3) is 0 Å². The predicted octanol–water partition coefficient (Wildman–Crippen LogP) is 3.19. The third-order valence-electron chi connectivity index (χ3n) is 5.53. The maximum absolute atomic E-state index is 13.2. The van der Waals surface area contributed by atoms with Crippen LogP contribution in [0.1, 0.15) is 51.6 Å². The first-order chi connectivity index (χ1) is 15.6. The molecule has 0 fully saturated rings. The van der Waals surface area contributed by atoms with Gasteiger partial charge in [0.2, 0.25) is 0 Å². The third kappa shape index (κ3) is 5.19. The molecule has 9 heteroatoms. The number of nitrogens with zero attached hydrogens (tertiary/aromatic N) is 3. The van der Waals surface area contributed by atoms with E-state index in [-0.39, 0.29) is 23.4 Å². The Labute approximate surface area is 192 Å². The second kappa shape index (κ2) is 9.81. The molecule has 0 bridgehead atoms. The molecule has 176 valence electrons. The van der Waals surface area contributed by atoms with Crippen LogP contribution in [0.15, 0.2) is 30.3 Å². The average Bonchev–Trinajstić information content (AvgIpc) is 3.20. The molecular weight excluding hydrogens is 426 g/mol. The van der Waals surface area contributed by atoms with Gasteiger partial charge in [-0.25, -0.2) is 4.79 Å². The monoisotopic (exact) mass is 455 g/mol. The summed E-state index contributed by atoms with van der Waals surface area (Å²) in [6.07, 6.45) is 1.22. The number of phenolic OH excluding ortho intramolecular Hbond substituents is 2. The largest absolute Gasteiger partial charge is 0.507 e. The number of fused-ring (bicyclic) bond motifs is 1. The summed E-state index contributed by atoms with van der Waals surface area (Å²) in [7, 11) is 4.80. The molecule has 3 amide bonds. The fraction of sp³-hybridized carbons (Fsp3) is 0.375. The van der Waals surface area contributed by atoms with Crippen molar-refractivity contribution in [1.82, 2.24) is 14.7 Å². The van der Waals surface area contributed by atoms with Crippen LogP contribution in [0.5, 0.6) is 17.2 Å². The zero-order valence-corrected chi connectivity index (χ0v) is 19.3. The van der Waals surface area contributed by atoms with Gasteiger partial charge in [-0.15, -0.1) is 0 Å². The minimum absolute atomic E-state index is 0.0376. The Hall–Kier alpha value is -3.75. The Bertz CT molecular complexity index is 1080. The summed E-state index contributed by atoms with van der Waals surface area (Å²) in [6, 6.07) is 7.42. The van der Waals surface area contributed by atoms with Crippen LogP contribution in [-0.4, -0.2) is 70.5 Å². The molecule has 0 radical (unpaired) electrons. The molecule has 0 aliphatic carbocycles. The zero-order chi connectivity index (χ0) is 24.3. The van der Waals surface area contributed by atoms with Gasteiger partial charge in [0.25, 0.3) is 11.8 Å². The van der Waals surface area contributed by atoms with Gasteiger partial charge in [-0.3, -0.25) is 9.59 Å². The van der Waals surface area contributed by atoms with E-state index in [4.69, 9.17) is 4.74 Å². The van der Waals surface area contributed by atoms with E-state index in [9.17, 15) is 24.6 Å². The zero-order valence-electron chi connectivity index (χ0n) is 19.3. The molecule has 3 rings (SSSR count). The molecule has 0 unspecified atom stereocenters. The molecule has 9 nitrogen and oxygen atoms in total. The SMILES string of the molecule is CCCCN(C)C(=O)c1cc(C(=O)N2Cc3ccc(OC(=O)N(C)C)cc3C2)c(O)cc1O. The highest BCUT2D eigenvalue weighted by Crippen LogP contribution is 2.33. The van der Waals surface area contributed by atoms with E-state index in [0.717, 1.165) is 30.0 Å².